The molecule has 3 aromatic rings. The summed E-state index contributed by atoms with van der Waals surface area (Å²) in [6.45, 7) is 3.56. The van der Waals surface area contributed by atoms with Gasteiger partial charge in [0.05, 0.1) is 5.56 Å². The zero-order valence-corrected chi connectivity index (χ0v) is 14.9. The van der Waals surface area contributed by atoms with Gasteiger partial charge in [-0.05, 0) is 50.2 Å². The number of nitrogens with zero attached hydrogens (tertiary/aromatic N) is 3. The maximum absolute atomic E-state index is 12.3. The van der Waals surface area contributed by atoms with Crippen LogP contribution < -0.4 is 10.6 Å². The van der Waals surface area contributed by atoms with Crippen molar-refractivity contribution in [2.45, 2.75) is 19.9 Å². The number of aromatic hydroxyl groups is 1. The van der Waals surface area contributed by atoms with Crippen LogP contribution in [0.25, 0.3) is 0 Å². The Labute approximate surface area is 155 Å². The van der Waals surface area contributed by atoms with Gasteiger partial charge in [-0.15, -0.1) is 0 Å². The highest BCUT2D eigenvalue weighted by Gasteiger charge is 2.16. The smallest absolute Gasteiger partial charge is 0.259 e. The van der Waals surface area contributed by atoms with E-state index in [2.05, 4.69) is 20.7 Å². The molecule has 0 fully saturated rings. The van der Waals surface area contributed by atoms with Gasteiger partial charge in [-0.2, -0.15) is 5.10 Å². The van der Waals surface area contributed by atoms with Crippen molar-refractivity contribution in [1.82, 2.24) is 14.8 Å². The molecule has 0 saturated carbocycles. The average Bonchev–Trinajstić information content (AvgIpc) is 3.19. The summed E-state index contributed by atoms with van der Waals surface area (Å²) in [7, 11) is 0. The molecule has 27 heavy (non-hydrogen) atoms. The van der Waals surface area contributed by atoms with Crippen LogP contribution in [0.5, 0.6) is 5.75 Å². The highest BCUT2D eigenvalue weighted by atomic mass is 16.3. The van der Waals surface area contributed by atoms with Gasteiger partial charge in [0.2, 0.25) is 5.91 Å². The van der Waals surface area contributed by atoms with Crippen LogP contribution in [0.15, 0.2) is 55.1 Å². The van der Waals surface area contributed by atoms with Gasteiger partial charge in [-0.3, -0.25) is 9.59 Å². The Morgan fingerprint density at radius 2 is 1.74 bits per heavy atom. The van der Waals surface area contributed by atoms with E-state index in [0.29, 0.717) is 11.4 Å². The van der Waals surface area contributed by atoms with Crippen LogP contribution in [0.4, 0.5) is 11.4 Å². The molecule has 0 aliphatic carbocycles. The van der Waals surface area contributed by atoms with Crippen LogP contribution in [-0.2, 0) is 4.79 Å². The quantitative estimate of drug-likeness (QED) is 0.644. The summed E-state index contributed by atoms with van der Waals surface area (Å²) < 4.78 is 1.46. The SMILES string of the molecule is Cc1ccc(O)c(C(=O)Nc2ccc(NC(=O)C(C)n3cncn3)cc2)c1. The van der Waals surface area contributed by atoms with E-state index in [-0.39, 0.29) is 17.2 Å². The number of aryl methyl sites for hydroxylation is 1. The van der Waals surface area contributed by atoms with Crippen LogP contribution in [0, 0.1) is 6.92 Å². The summed E-state index contributed by atoms with van der Waals surface area (Å²) in [6.07, 6.45) is 2.84. The Kier molecular flexibility index (Phi) is 5.16. The maximum atomic E-state index is 12.3. The number of benzene rings is 2. The van der Waals surface area contributed by atoms with E-state index in [1.54, 1.807) is 43.3 Å². The van der Waals surface area contributed by atoms with Gasteiger partial charge in [0.15, 0.2) is 0 Å². The first-order valence-electron chi connectivity index (χ1n) is 8.30. The minimum absolute atomic E-state index is 0.0796. The molecule has 0 radical (unpaired) electrons. The van der Waals surface area contributed by atoms with Crippen molar-refractivity contribution >= 4 is 23.2 Å². The highest BCUT2D eigenvalue weighted by molar-refractivity contribution is 6.06. The van der Waals surface area contributed by atoms with E-state index >= 15 is 0 Å². The van der Waals surface area contributed by atoms with Crippen molar-refractivity contribution < 1.29 is 14.7 Å². The predicted octanol–water partition coefficient (Wildman–Crippen LogP) is 2.74. The summed E-state index contributed by atoms with van der Waals surface area (Å²) >= 11 is 0. The third-order valence-electron chi connectivity index (χ3n) is 4.02. The molecule has 1 unspecified atom stereocenters. The van der Waals surface area contributed by atoms with Gasteiger partial charge in [-0.1, -0.05) is 11.6 Å². The fourth-order valence-corrected chi connectivity index (χ4v) is 2.45. The summed E-state index contributed by atoms with van der Waals surface area (Å²) in [5.41, 5.74) is 2.21. The van der Waals surface area contributed by atoms with Gasteiger partial charge < -0.3 is 15.7 Å². The molecule has 0 saturated heterocycles. The normalized spacial score (nSPS) is 11.6. The molecule has 0 spiro atoms. The Balaban J connectivity index is 1.64. The zero-order valence-electron chi connectivity index (χ0n) is 14.9. The highest BCUT2D eigenvalue weighted by Crippen LogP contribution is 2.21. The third-order valence-corrected chi connectivity index (χ3v) is 4.02. The maximum Gasteiger partial charge on any atom is 0.259 e. The van der Waals surface area contributed by atoms with Crippen LogP contribution in [0.2, 0.25) is 0 Å². The van der Waals surface area contributed by atoms with Gasteiger partial charge in [0, 0.05) is 11.4 Å². The Hall–Kier alpha value is -3.68. The van der Waals surface area contributed by atoms with Crippen molar-refractivity contribution in [3.8, 4) is 5.75 Å². The van der Waals surface area contributed by atoms with Crippen molar-refractivity contribution in [2.24, 2.45) is 0 Å². The van der Waals surface area contributed by atoms with Gasteiger partial charge in [0.1, 0.15) is 24.4 Å². The third kappa shape index (κ3) is 4.30. The molecule has 1 heterocycles. The zero-order chi connectivity index (χ0) is 19.4. The van der Waals surface area contributed by atoms with E-state index < -0.39 is 11.9 Å². The molecule has 138 valence electrons. The number of carbonyl (C=O) groups excluding carboxylic acids is 2. The Morgan fingerprint density at radius 3 is 2.37 bits per heavy atom. The van der Waals surface area contributed by atoms with Crippen molar-refractivity contribution in [3.63, 3.8) is 0 Å². The number of anilines is 2. The number of phenolic OH excluding ortho intramolecular Hbond substituents is 1. The first kappa shape index (κ1) is 18.1. The van der Waals surface area contributed by atoms with E-state index in [9.17, 15) is 14.7 Å². The summed E-state index contributed by atoms with van der Waals surface area (Å²) in [6, 6.07) is 11.0. The lowest BCUT2D eigenvalue weighted by Crippen LogP contribution is -2.24. The Bertz CT molecular complexity index is 952. The number of hydrogen-bond acceptors (Lipinski definition) is 5. The molecule has 3 rings (SSSR count). The van der Waals surface area contributed by atoms with Crippen LogP contribution >= 0.6 is 0 Å². The van der Waals surface area contributed by atoms with Crippen LogP contribution in [-0.4, -0.2) is 31.7 Å². The van der Waals surface area contributed by atoms with Gasteiger partial charge in [0.25, 0.3) is 5.91 Å². The summed E-state index contributed by atoms with van der Waals surface area (Å²) in [5, 5.41) is 19.3. The number of rotatable bonds is 5. The number of aromatic nitrogens is 3. The van der Waals surface area contributed by atoms with E-state index in [1.807, 2.05) is 6.92 Å². The number of hydrogen-bond donors (Lipinski definition) is 3. The second kappa shape index (κ2) is 7.69. The fourth-order valence-electron chi connectivity index (χ4n) is 2.45. The topological polar surface area (TPSA) is 109 Å². The lowest BCUT2D eigenvalue weighted by molar-refractivity contribution is -0.119. The van der Waals surface area contributed by atoms with Crippen LogP contribution in [0.1, 0.15) is 28.9 Å². The molecule has 1 atom stereocenters. The van der Waals surface area contributed by atoms with Gasteiger partial charge >= 0.3 is 0 Å². The Morgan fingerprint density at radius 1 is 1.07 bits per heavy atom. The monoisotopic (exact) mass is 365 g/mol. The lowest BCUT2D eigenvalue weighted by Gasteiger charge is -2.13. The molecule has 0 bridgehead atoms. The molecule has 0 aliphatic rings. The van der Waals surface area contributed by atoms with Crippen molar-refractivity contribution in [1.29, 1.82) is 0 Å². The largest absolute Gasteiger partial charge is 0.507 e. The van der Waals surface area contributed by atoms with Crippen LogP contribution in [0.3, 0.4) is 0 Å². The van der Waals surface area contributed by atoms with E-state index in [4.69, 9.17) is 0 Å². The molecule has 3 N–H and O–H groups in total. The summed E-state index contributed by atoms with van der Waals surface area (Å²) in [5.74, 6) is -0.723. The first-order chi connectivity index (χ1) is 12.9. The second-order valence-electron chi connectivity index (χ2n) is 6.09. The average molecular weight is 365 g/mol. The van der Waals surface area contributed by atoms with Gasteiger partial charge in [-0.25, -0.2) is 9.67 Å². The minimum Gasteiger partial charge on any atom is -0.507 e. The predicted molar refractivity (Wildman–Crippen MR) is 101 cm³/mol. The molecule has 1 aromatic heterocycles. The number of nitrogens with one attached hydrogen (secondary N) is 2. The second-order valence-corrected chi connectivity index (χ2v) is 6.09. The van der Waals surface area contributed by atoms with Crippen molar-refractivity contribution in [3.05, 3.63) is 66.2 Å². The molecule has 0 aliphatic heterocycles. The number of phenols is 1. The standard InChI is InChI=1S/C19H19N5O3/c1-12-3-8-17(25)16(9-12)19(27)23-15-6-4-14(5-7-15)22-18(26)13(2)24-11-20-10-21-24/h3-11,13,25H,1-2H3,(H,22,26)(H,23,27). The van der Waals surface area contributed by atoms with Crippen molar-refractivity contribution in [2.75, 3.05) is 10.6 Å². The minimum atomic E-state index is -0.504. The number of amides is 2. The molecule has 8 heteroatoms. The molecular formula is C19H19N5O3. The molecular weight excluding hydrogens is 346 g/mol. The molecule has 8 nitrogen and oxygen atoms in total. The van der Waals surface area contributed by atoms with E-state index in [1.165, 1.54) is 23.4 Å². The fraction of sp³-hybridized carbons (Fsp3) is 0.158. The lowest BCUT2D eigenvalue weighted by atomic mass is 10.1. The molecule has 2 aromatic carbocycles. The van der Waals surface area contributed by atoms with E-state index in [0.717, 1.165) is 5.56 Å². The first-order valence-corrected chi connectivity index (χ1v) is 8.30. The summed E-state index contributed by atoms with van der Waals surface area (Å²) in [4.78, 5) is 28.4. The number of carbonyl (C=O) groups is 2. The molecule has 2 amide bonds.